The van der Waals surface area contributed by atoms with Crippen molar-refractivity contribution in [2.75, 3.05) is 16.9 Å². The normalized spacial score (nSPS) is 15.4. The van der Waals surface area contributed by atoms with Crippen LogP contribution in [0.4, 0.5) is 21.5 Å². The van der Waals surface area contributed by atoms with Crippen molar-refractivity contribution in [3.63, 3.8) is 0 Å². The molecular weight excluding hydrogens is 465 g/mol. The number of halogens is 1. The number of aryl methyl sites for hydroxylation is 1. The van der Waals surface area contributed by atoms with Gasteiger partial charge in [0.25, 0.3) is 5.91 Å². The molecule has 2 aromatic carbocycles. The van der Waals surface area contributed by atoms with Gasteiger partial charge in [0.15, 0.2) is 16.7 Å². The third-order valence-corrected chi connectivity index (χ3v) is 6.96. The van der Waals surface area contributed by atoms with Crippen molar-refractivity contribution < 1.29 is 18.7 Å². The molecule has 3 rings (SSSR count). The summed E-state index contributed by atoms with van der Waals surface area (Å²) < 4.78 is 20.3. The molecule has 1 fully saturated rings. The van der Waals surface area contributed by atoms with Crippen molar-refractivity contribution in [3.8, 4) is 5.75 Å². The van der Waals surface area contributed by atoms with Crippen molar-refractivity contribution >= 4 is 46.1 Å². The molecule has 0 aliphatic carbocycles. The van der Waals surface area contributed by atoms with Crippen LogP contribution in [0.3, 0.4) is 0 Å². The Labute approximate surface area is 211 Å². The number of thiocarbonyl (C=S) groups is 1. The van der Waals surface area contributed by atoms with Gasteiger partial charge in [-0.15, -0.1) is 0 Å². The van der Waals surface area contributed by atoms with E-state index in [9.17, 15) is 9.59 Å². The molecule has 1 amide bonds. The minimum Gasteiger partial charge on any atom is -0.505 e. The summed E-state index contributed by atoms with van der Waals surface area (Å²) in [6.45, 7) is 16.5. The maximum atomic E-state index is 15.3. The summed E-state index contributed by atoms with van der Waals surface area (Å²) in [5.41, 5.74) is 0.288. The lowest BCUT2D eigenvalue weighted by atomic mass is 9.81. The van der Waals surface area contributed by atoms with Crippen LogP contribution in [0.1, 0.15) is 53.0 Å². The smallest absolute Gasteiger partial charge is 0.259 e. The summed E-state index contributed by atoms with van der Waals surface area (Å²) in [7, 11) is 1.28. The van der Waals surface area contributed by atoms with Crippen molar-refractivity contribution in [1.82, 2.24) is 0 Å². The Bertz CT molecular complexity index is 1220. The van der Waals surface area contributed by atoms with Crippen molar-refractivity contribution in [3.05, 3.63) is 59.2 Å². The molecule has 1 saturated heterocycles. The molecule has 0 spiro atoms. The average molecular weight is 496 g/mol. The molecule has 0 bridgehead atoms. The molecule has 0 radical (unpaired) electrons. The minimum atomic E-state index is -1.06. The van der Waals surface area contributed by atoms with E-state index >= 15 is 4.39 Å². The summed E-state index contributed by atoms with van der Waals surface area (Å²) >= 11 is 5.65. The number of benzene rings is 2. The fourth-order valence-electron chi connectivity index (χ4n) is 4.32. The number of ketones is 1. The molecular formula is C27H30FN3O3S. The molecule has 35 heavy (non-hydrogen) atoms. The van der Waals surface area contributed by atoms with Gasteiger partial charge in [0.2, 0.25) is 5.69 Å². The first-order valence-corrected chi connectivity index (χ1v) is 11.9. The summed E-state index contributed by atoms with van der Waals surface area (Å²) in [5.74, 6) is -1.18. The van der Waals surface area contributed by atoms with Crippen LogP contribution >= 0.6 is 12.2 Å². The second kappa shape index (κ2) is 9.74. The second-order valence-electron chi connectivity index (χ2n) is 9.71. The largest absolute Gasteiger partial charge is 0.505 e. The monoisotopic (exact) mass is 495 g/mol. The van der Waals surface area contributed by atoms with Crippen molar-refractivity contribution in [1.29, 1.82) is 0 Å². The Balaban J connectivity index is 1.91. The van der Waals surface area contributed by atoms with E-state index in [1.807, 2.05) is 45.0 Å². The van der Waals surface area contributed by atoms with Crippen LogP contribution in [0.25, 0.3) is 4.85 Å². The highest BCUT2D eigenvalue weighted by molar-refractivity contribution is 7.81. The summed E-state index contributed by atoms with van der Waals surface area (Å²) in [5, 5.41) is 0.138. The lowest BCUT2D eigenvalue weighted by Crippen LogP contribution is -2.44. The van der Waals surface area contributed by atoms with Crippen LogP contribution in [0.15, 0.2) is 36.4 Å². The molecule has 6 nitrogen and oxygen atoms in total. The first kappa shape index (κ1) is 26.3. The third kappa shape index (κ3) is 4.65. The molecule has 2 aromatic rings. The number of amides is 1. The van der Waals surface area contributed by atoms with Crippen LogP contribution in [0.2, 0.25) is 0 Å². The molecule has 1 aliphatic heterocycles. The van der Waals surface area contributed by atoms with E-state index in [0.29, 0.717) is 12.1 Å². The summed E-state index contributed by atoms with van der Waals surface area (Å²) in [6, 6.07) is 10.5. The zero-order valence-electron chi connectivity index (χ0n) is 20.9. The second-order valence-corrected chi connectivity index (χ2v) is 10.1. The zero-order valence-corrected chi connectivity index (χ0v) is 21.8. The highest BCUT2D eigenvalue weighted by atomic mass is 32.1. The number of carbonyl (C=O) groups is 2. The van der Waals surface area contributed by atoms with Gasteiger partial charge in [0, 0.05) is 17.5 Å². The van der Waals surface area contributed by atoms with Crippen LogP contribution < -0.4 is 14.5 Å². The van der Waals surface area contributed by atoms with Gasteiger partial charge in [0.1, 0.15) is 11.3 Å². The Morgan fingerprint density at radius 2 is 1.83 bits per heavy atom. The van der Waals surface area contributed by atoms with E-state index in [2.05, 4.69) is 4.85 Å². The number of carbonyl (C=O) groups excluding carboxylic acids is 2. The predicted molar refractivity (Wildman–Crippen MR) is 140 cm³/mol. The molecule has 1 heterocycles. The van der Waals surface area contributed by atoms with E-state index in [4.69, 9.17) is 23.5 Å². The topological polar surface area (TPSA) is 54.2 Å². The van der Waals surface area contributed by atoms with Gasteiger partial charge in [-0.25, -0.2) is 9.24 Å². The number of nitrogens with zero attached hydrogens (tertiary/aromatic N) is 3. The van der Waals surface area contributed by atoms with E-state index < -0.39 is 11.4 Å². The Morgan fingerprint density at radius 1 is 1.20 bits per heavy atom. The summed E-state index contributed by atoms with van der Waals surface area (Å²) in [6.07, 6.45) is 2.00. The number of anilines is 2. The first-order valence-electron chi connectivity index (χ1n) is 11.5. The average Bonchev–Trinajstić information content (AvgIpc) is 3.00. The highest BCUT2D eigenvalue weighted by Crippen LogP contribution is 2.42. The Kier molecular flexibility index (Phi) is 7.32. The fraction of sp³-hybridized carbons (Fsp3) is 0.407. The Morgan fingerprint density at radius 3 is 2.37 bits per heavy atom. The molecule has 8 heteroatoms. The van der Waals surface area contributed by atoms with Crippen LogP contribution in [-0.2, 0) is 16.0 Å². The van der Waals surface area contributed by atoms with E-state index in [1.165, 1.54) is 19.2 Å². The quantitative estimate of drug-likeness (QED) is 0.321. The molecule has 0 unspecified atom stereocenters. The molecule has 0 saturated carbocycles. The molecule has 1 aliphatic rings. The van der Waals surface area contributed by atoms with Gasteiger partial charge in [0.05, 0.1) is 19.4 Å². The van der Waals surface area contributed by atoms with Crippen molar-refractivity contribution in [2.24, 2.45) is 5.41 Å². The highest BCUT2D eigenvalue weighted by Gasteiger charge is 2.51. The predicted octanol–water partition coefficient (Wildman–Crippen LogP) is 6.24. The number of rotatable bonds is 8. The van der Waals surface area contributed by atoms with Gasteiger partial charge in [-0.05, 0) is 62.7 Å². The lowest BCUT2D eigenvalue weighted by molar-refractivity contribution is -0.127. The Hall–Kier alpha value is -3.31. The zero-order chi connectivity index (χ0) is 26.1. The number of methoxy groups -OCH3 is 1. The third-order valence-electron chi connectivity index (χ3n) is 6.60. The number of hydrogen-bond acceptors (Lipinski definition) is 4. The van der Waals surface area contributed by atoms with Gasteiger partial charge in [-0.1, -0.05) is 39.0 Å². The SMILES string of the molecule is [C-]#[N+]c1ccc(N2C(=O)C(C)(C)N(c3ccc(CCC(C)(C)C(=O)CC)cc3)C2=S)c(F)c1OC. The van der Waals surface area contributed by atoms with Gasteiger partial charge >= 0.3 is 0 Å². The molecule has 184 valence electrons. The van der Waals surface area contributed by atoms with E-state index in [-0.39, 0.29) is 39.3 Å². The first-order chi connectivity index (χ1) is 16.4. The van der Waals surface area contributed by atoms with Crippen LogP contribution in [0.5, 0.6) is 5.75 Å². The van der Waals surface area contributed by atoms with Crippen molar-refractivity contribution in [2.45, 2.75) is 59.4 Å². The minimum absolute atomic E-state index is 0.0156. The number of Topliss-reactive ketones (excluding diaryl/α,β-unsaturated/α-hetero) is 1. The van der Waals surface area contributed by atoms with Gasteiger partial charge in [-0.3, -0.25) is 14.5 Å². The molecule has 0 atom stereocenters. The number of ether oxygens (including phenoxy) is 1. The van der Waals surface area contributed by atoms with E-state index in [1.54, 1.807) is 18.7 Å². The maximum Gasteiger partial charge on any atom is 0.259 e. The van der Waals surface area contributed by atoms with Crippen LogP contribution in [0, 0.1) is 17.8 Å². The molecule has 0 aromatic heterocycles. The standard InChI is InChI=1S/C27H30FN3O3S/c1-8-21(32)26(2,3)16-15-17-9-11-18(12-10-17)31-25(35)30(24(33)27(31,4)5)20-14-13-19(29-6)23(34-7)22(20)28/h9-14H,8,15-16H2,1-5,7H3. The fourth-order valence-corrected chi connectivity index (χ4v) is 4.83. The van der Waals surface area contributed by atoms with Gasteiger partial charge < -0.3 is 9.64 Å². The van der Waals surface area contributed by atoms with E-state index in [0.717, 1.165) is 23.3 Å². The van der Waals surface area contributed by atoms with Gasteiger partial charge in [-0.2, -0.15) is 0 Å². The van der Waals surface area contributed by atoms with Crippen LogP contribution in [-0.4, -0.2) is 29.5 Å². The summed E-state index contributed by atoms with van der Waals surface area (Å²) in [4.78, 5) is 31.7. The lowest BCUT2D eigenvalue weighted by Gasteiger charge is -2.29. The molecule has 0 N–H and O–H groups in total. The maximum absolute atomic E-state index is 15.3. The number of hydrogen-bond donors (Lipinski definition) is 0.